The summed E-state index contributed by atoms with van der Waals surface area (Å²) in [5.41, 5.74) is 5.46. The summed E-state index contributed by atoms with van der Waals surface area (Å²) in [5.74, 6) is -0.974. The maximum atomic E-state index is 12.2. The molecule has 148 valence electrons. The predicted octanol–water partition coefficient (Wildman–Crippen LogP) is 1.36. The second-order valence-corrected chi connectivity index (χ2v) is 5.44. The second-order valence-electron chi connectivity index (χ2n) is 5.44. The van der Waals surface area contributed by atoms with Crippen LogP contribution in [-0.2, 0) is 14.3 Å². The Labute approximate surface area is 161 Å². The minimum atomic E-state index is -0.784. The van der Waals surface area contributed by atoms with Crippen molar-refractivity contribution >= 4 is 23.5 Å². The second kappa shape index (κ2) is 9.81. The fourth-order valence-corrected chi connectivity index (χ4v) is 2.22. The topological polar surface area (TPSA) is 126 Å². The third-order valence-corrected chi connectivity index (χ3v) is 3.49. The molecule has 0 unspecified atom stereocenters. The summed E-state index contributed by atoms with van der Waals surface area (Å²) in [7, 11) is 2.95. The van der Waals surface area contributed by atoms with Crippen LogP contribution >= 0.6 is 0 Å². The van der Waals surface area contributed by atoms with Gasteiger partial charge in [-0.05, 0) is 24.3 Å². The largest absolute Gasteiger partial charge is 0.497 e. The summed E-state index contributed by atoms with van der Waals surface area (Å²) < 4.78 is 20.5. The molecule has 2 aromatic carbocycles. The summed E-state index contributed by atoms with van der Waals surface area (Å²) in [6.07, 6.45) is 0. The first-order valence-corrected chi connectivity index (χ1v) is 8.13. The molecule has 2 aromatic rings. The van der Waals surface area contributed by atoms with Crippen LogP contribution in [0.1, 0.15) is 10.4 Å². The molecule has 0 spiro atoms. The summed E-state index contributed by atoms with van der Waals surface area (Å²) in [5, 5.41) is 2.58. The summed E-state index contributed by atoms with van der Waals surface area (Å²) in [4.78, 5) is 35.2. The molecule has 9 nitrogen and oxygen atoms in total. The molecule has 0 heterocycles. The molecule has 0 aliphatic rings. The SMILES string of the molecule is COc1ccc(OC)c(NC(=O)COC(=O)c2ccccc2OCC(N)=O)c1. The number of amides is 2. The molecule has 0 atom stereocenters. The number of nitrogens with two attached hydrogens (primary N) is 1. The van der Waals surface area contributed by atoms with E-state index in [2.05, 4.69) is 5.32 Å². The number of anilines is 1. The maximum absolute atomic E-state index is 12.2. The molecule has 2 rings (SSSR count). The van der Waals surface area contributed by atoms with E-state index < -0.39 is 24.4 Å². The van der Waals surface area contributed by atoms with E-state index in [1.54, 1.807) is 30.3 Å². The Hall–Kier alpha value is -3.75. The molecule has 0 fully saturated rings. The van der Waals surface area contributed by atoms with E-state index in [1.165, 1.54) is 26.4 Å². The van der Waals surface area contributed by atoms with Crippen LogP contribution in [0.25, 0.3) is 0 Å². The van der Waals surface area contributed by atoms with Gasteiger partial charge in [-0.15, -0.1) is 0 Å². The number of para-hydroxylation sites is 1. The van der Waals surface area contributed by atoms with E-state index >= 15 is 0 Å². The first-order valence-electron chi connectivity index (χ1n) is 8.13. The number of hydrogen-bond acceptors (Lipinski definition) is 7. The molecule has 0 saturated heterocycles. The lowest BCUT2D eigenvalue weighted by Gasteiger charge is -2.12. The van der Waals surface area contributed by atoms with Crippen LogP contribution in [0.5, 0.6) is 17.2 Å². The van der Waals surface area contributed by atoms with Crippen LogP contribution < -0.4 is 25.3 Å². The van der Waals surface area contributed by atoms with Crippen molar-refractivity contribution in [3.63, 3.8) is 0 Å². The maximum Gasteiger partial charge on any atom is 0.342 e. The molecule has 0 bridgehead atoms. The zero-order valence-corrected chi connectivity index (χ0v) is 15.4. The Kier molecular flexibility index (Phi) is 7.21. The van der Waals surface area contributed by atoms with Gasteiger partial charge in [0, 0.05) is 6.07 Å². The Morgan fingerprint density at radius 3 is 2.39 bits per heavy atom. The number of rotatable bonds is 9. The number of benzene rings is 2. The van der Waals surface area contributed by atoms with Gasteiger partial charge in [0.05, 0.1) is 19.9 Å². The van der Waals surface area contributed by atoms with E-state index in [9.17, 15) is 14.4 Å². The van der Waals surface area contributed by atoms with Gasteiger partial charge in [0.25, 0.3) is 11.8 Å². The smallest absolute Gasteiger partial charge is 0.342 e. The van der Waals surface area contributed by atoms with Crippen LogP contribution in [0.15, 0.2) is 42.5 Å². The number of nitrogens with one attached hydrogen (secondary N) is 1. The number of carbonyl (C=O) groups excluding carboxylic acids is 3. The van der Waals surface area contributed by atoms with Crippen molar-refractivity contribution in [1.29, 1.82) is 0 Å². The van der Waals surface area contributed by atoms with Gasteiger partial charge in [-0.25, -0.2) is 4.79 Å². The van der Waals surface area contributed by atoms with E-state index in [0.717, 1.165) is 0 Å². The van der Waals surface area contributed by atoms with Crippen molar-refractivity contribution in [2.24, 2.45) is 5.73 Å². The van der Waals surface area contributed by atoms with Crippen LogP contribution in [0.3, 0.4) is 0 Å². The van der Waals surface area contributed by atoms with E-state index in [4.69, 9.17) is 24.7 Å². The highest BCUT2D eigenvalue weighted by atomic mass is 16.5. The monoisotopic (exact) mass is 388 g/mol. The normalized spacial score (nSPS) is 9.93. The Balaban J connectivity index is 2.00. The average molecular weight is 388 g/mol. The number of primary amides is 1. The molecule has 0 saturated carbocycles. The quantitative estimate of drug-likeness (QED) is 0.621. The van der Waals surface area contributed by atoms with Gasteiger partial charge in [-0.1, -0.05) is 12.1 Å². The first kappa shape index (κ1) is 20.6. The van der Waals surface area contributed by atoms with Crippen LogP contribution in [-0.4, -0.2) is 45.2 Å². The minimum absolute atomic E-state index is 0.0653. The number of methoxy groups -OCH3 is 2. The van der Waals surface area contributed by atoms with Crippen molar-refractivity contribution < 1.29 is 33.3 Å². The van der Waals surface area contributed by atoms with E-state index in [0.29, 0.717) is 17.2 Å². The molecular weight excluding hydrogens is 368 g/mol. The summed E-state index contributed by atoms with van der Waals surface area (Å²) >= 11 is 0. The zero-order valence-electron chi connectivity index (χ0n) is 15.4. The number of hydrogen-bond donors (Lipinski definition) is 2. The van der Waals surface area contributed by atoms with Crippen LogP contribution in [0.2, 0.25) is 0 Å². The van der Waals surface area contributed by atoms with Crippen LogP contribution in [0.4, 0.5) is 5.69 Å². The molecule has 0 radical (unpaired) electrons. The first-order chi connectivity index (χ1) is 13.4. The third-order valence-electron chi connectivity index (χ3n) is 3.49. The highest BCUT2D eigenvalue weighted by molar-refractivity contribution is 5.97. The summed E-state index contributed by atoms with van der Waals surface area (Å²) in [6.45, 7) is -0.927. The van der Waals surface area contributed by atoms with Crippen LogP contribution in [0, 0.1) is 0 Å². The Bertz CT molecular complexity index is 867. The van der Waals surface area contributed by atoms with Gasteiger partial charge < -0.3 is 30.0 Å². The number of ether oxygens (including phenoxy) is 4. The Morgan fingerprint density at radius 1 is 0.964 bits per heavy atom. The standard InChI is InChI=1S/C19H20N2O7/c1-25-12-7-8-16(26-2)14(9-12)21-18(23)11-28-19(24)13-5-3-4-6-15(13)27-10-17(20)22/h3-9H,10-11H2,1-2H3,(H2,20,22)(H,21,23). The van der Waals surface area contributed by atoms with Gasteiger partial charge >= 0.3 is 5.97 Å². The van der Waals surface area contributed by atoms with Gasteiger partial charge in [-0.2, -0.15) is 0 Å². The highest BCUT2D eigenvalue weighted by Gasteiger charge is 2.17. The average Bonchev–Trinajstić information content (AvgIpc) is 2.70. The molecule has 0 aromatic heterocycles. The number of esters is 1. The third kappa shape index (κ3) is 5.63. The zero-order chi connectivity index (χ0) is 20.5. The molecule has 0 aliphatic heterocycles. The molecule has 3 N–H and O–H groups in total. The Morgan fingerprint density at radius 2 is 1.71 bits per heavy atom. The predicted molar refractivity (Wildman–Crippen MR) is 99.6 cm³/mol. The fourth-order valence-electron chi connectivity index (χ4n) is 2.22. The van der Waals surface area contributed by atoms with Crippen molar-refractivity contribution in [3.8, 4) is 17.2 Å². The van der Waals surface area contributed by atoms with Gasteiger partial charge in [0.1, 0.15) is 22.8 Å². The molecular formula is C19H20N2O7. The molecule has 28 heavy (non-hydrogen) atoms. The minimum Gasteiger partial charge on any atom is -0.497 e. The van der Waals surface area contributed by atoms with Crippen molar-refractivity contribution in [3.05, 3.63) is 48.0 Å². The van der Waals surface area contributed by atoms with Crippen molar-refractivity contribution in [1.82, 2.24) is 0 Å². The summed E-state index contributed by atoms with van der Waals surface area (Å²) in [6, 6.07) is 11.0. The van der Waals surface area contributed by atoms with Gasteiger partial charge in [-0.3, -0.25) is 9.59 Å². The van der Waals surface area contributed by atoms with E-state index in [-0.39, 0.29) is 17.9 Å². The van der Waals surface area contributed by atoms with Crippen molar-refractivity contribution in [2.45, 2.75) is 0 Å². The van der Waals surface area contributed by atoms with Gasteiger partial charge in [0.15, 0.2) is 13.2 Å². The van der Waals surface area contributed by atoms with E-state index in [1.807, 2.05) is 0 Å². The van der Waals surface area contributed by atoms with Crippen molar-refractivity contribution in [2.75, 3.05) is 32.8 Å². The fraction of sp³-hybridized carbons (Fsp3) is 0.211. The molecule has 9 heteroatoms. The lowest BCUT2D eigenvalue weighted by molar-refractivity contribution is -0.120. The highest BCUT2D eigenvalue weighted by Crippen LogP contribution is 2.28. The molecule has 2 amide bonds. The lowest BCUT2D eigenvalue weighted by atomic mass is 10.2. The lowest BCUT2D eigenvalue weighted by Crippen LogP contribution is -2.23. The molecule has 0 aliphatic carbocycles. The van der Waals surface area contributed by atoms with Gasteiger partial charge in [0.2, 0.25) is 0 Å². The number of carbonyl (C=O) groups is 3.